The molecule has 62 heavy (non-hydrogen) atoms. The molecule has 4 heterocycles. The number of allylic oxidation sites excluding steroid dienone is 3. The molecule has 2 unspecified atom stereocenters. The summed E-state index contributed by atoms with van der Waals surface area (Å²) in [6.07, 6.45) is 4.49. The molecule has 0 aliphatic carbocycles. The molecule has 1 fully saturated rings. The van der Waals surface area contributed by atoms with E-state index in [0.29, 0.717) is 45.4 Å². The number of hydrogen-bond donors (Lipinski definition) is 4. The first-order chi connectivity index (χ1) is 29.7. The number of aromatic nitrogens is 4. The zero-order valence-electron chi connectivity index (χ0n) is 37.3. The zero-order chi connectivity index (χ0) is 44.9. The van der Waals surface area contributed by atoms with E-state index in [1.165, 1.54) is 0 Å². The Bertz CT molecular complexity index is 1890. The Hall–Kier alpha value is -4.19. The highest BCUT2D eigenvalue weighted by atomic mass is 16.7. The first kappa shape index (κ1) is 48.8. The van der Waals surface area contributed by atoms with E-state index in [-0.39, 0.29) is 18.8 Å². The Kier molecular flexibility index (Phi) is 18.5. The maximum atomic E-state index is 13.9. The SMILES string of the molecule is CC[C@H]1OC(=O)C[C@@H](O)[C@H](C)[C@@H](O[C@@H]2O[C@H](C)[C@@H](O)C(N(C)C)C2O)[C@@H](CCN(CCn2cc(-c3cccnc3)nn2)Cc2ccccc2)C[C@@H](C)C(=O)/C=C/C(C)=C/[C@@H]1CO. The lowest BCUT2D eigenvalue weighted by molar-refractivity contribution is -0.304. The molecule has 0 radical (unpaired) electrons. The first-order valence-electron chi connectivity index (χ1n) is 22.0. The number of esters is 1. The highest BCUT2D eigenvalue weighted by Gasteiger charge is 2.47. The van der Waals surface area contributed by atoms with Crippen LogP contribution in [0.25, 0.3) is 11.3 Å². The van der Waals surface area contributed by atoms with Gasteiger partial charge in [0.05, 0.1) is 56.2 Å². The van der Waals surface area contributed by atoms with Crippen LogP contribution < -0.4 is 0 Å². The summed E-state index contributed by atoms with van der Waals surface area (Å²) < 4.78 is 20.7. The monoisotopic (exact) mass is 861 g/mol. The Morgan fingerprint density at radius 2 is 1.74 bits per heavy atom. The number of hydrogen-bond acceptors (Lipinski definition) is 14. The minimum Gasteiger partial charge on any atom is -0.462 e. The van der Waals surface area contributed by atoms with E-state index in [1.807, 2.05) is 68.1 Å². The second kappa shape index (κ2) is 23.5. The van der Waals surface area contributed by atoms with Crippen LogP contribution in [0.3, 0.4) is 0 Å². The molecule has 2 aliphatic heterocycles. The van der Waals surface area contributed by atoms with Gasteiger partial charge in [-0.2, -0.15) is 0 Å². The maximum Gasteiger partial charge on any atom is 0.308 e. The number of carbonyl (C=O) groups is 2. The summed E-state index contributed by atoms with van der Waals surface area (Å²) in [5.41, 5.74) is 3.44. The predicted octanol–water partition coefficient (Wildman–Crippen LogP) is 4.06. The number of benzene rings is 1. The van der Waals surface area contributed by atoms with Crippen molar-refractivity contribution in [3.05, 3.63) is 90.4 Å². The minimum atomic E-state index is -1.27. The molecule has 0 bridgehead atoms. The topological polar surface area (TPSA) is 193 Å². The molecule has 340 valence electrons. The van der Waals surface area contributed by atoms with Crippen LogP contribution in [0.15, 0.2) is 84.9 Å². The highest BCUT2D eigenvalue weighted by Crippen LogP contribution is 2.35. The summed E-state index contributed by atoms with van der Waals surface area (Å²) in [6.45, 7) is 11.1. The van der Waals surface area contributed by atoms with E-state index in [1.54, 1.807) is 57.4 Å². The normalized spacial score (nSPS) is 32.0. The van der Waals surface area contributed by atoms with E-state index >= 15 is 0 Å². The molecule has 15 nitrogen and oxygen atoms in total. The van der Waals surface area contributed by atoms with Gasteiger partial charge in [0.15, 0.2) is 12.1 Å². The lowest BCUT2D eigenvalue weighted by atomic mass is 9.79. The smallest absolute Gasteiger partial charge is 0.308 e. The zero-order valence-corrected chi connectivity index (χ0v) is 37.3. The largest absolute Gasteiger partial charge is 0.462 e. The van der Waals surface area contributed by atoms with Gasteiger partial charge < -0.3 is 39.5 Å². The number of ketones is 1. The van der Waals surface area contributed by atoms with E-state index < -0.39 is 78.6 Å². The van der Waals surface area contributed by atoms with Crippen LogP contribution in [0, 0.1) is 23.7 Å². The van der Waals surface area contributed by atoms with E-state index in [4.69, 9.17) is 14.2 Å². The Morgan fingerprint density at radius 1 is 0.984 bits per heavy atom. The number of likely N-dealkylation sites (N-methyl/N-ethyl adjacent to an activating group) is 1. The van der Waals surface area contributed by atoms with Gasteiger partial charge in [-0.05, 0) is 83.4 Å². The van der Waals surface area contributed by atoms with E-state index in [2.05, 4.69) is 32.3 Å². The fourth-order valence-electron chi connectivity index (χ4n) is 8.62. The van der Waals surface area contributed by atoms with Crippen molar-refractivity contribution in [2.75, 3.05) is 33.8 Å². The van der Waals surface area contributed by atoms with E-state index in [9.17, 15) is 30.0 Å². The van der Waals surface area contributed by atoms with Gasteiger partial charge >= 0.3 is 5.97 Å². The number of aliphatic hydroxyl groups excluding tert-OH is 4. The van der Waals surface area contributed by atoms with Crippen LogP contribution in [0.5, 0.6) is 0 Å². The molecule has 0 amide bonds. The van der Waals surface area contributed by atoms with Crippen molar-refractivity contribution in [1.82, 2.24) is 29.8 Å². The summed E-state index contributed by atoms with van der Waals surface area (Å²) in [5, 5.41) is 53.6. The van der Waals surface area contributed by atoms with Gasteiger partial charge in [0, 0.05) is 48.8 Å². The number of aliphatic hydroxyl groups is 4. The Labute approximate surface area is 366 Å². The van der Waals surface area contributed by atoms with Gasteiger partial charge in [-0.3, -0.25) is 24.2 Å². The van der Waals surface area contributed by atoms with Gasteiger partial charge in [0.25, 0.3) is 0 Å². The van der Waals surface area contributed by atoms with Crippen LogP contribution in [0.2, 0.25) is 0 Å². The van der Waals surface area contributed by atoms with Crippen LogP contribution in [-0.2, 0) is 36.9 Å². The summed E-state index contributed by atoms with van der Waals surface area (Å²) in [4.78, 5) is 35.7. The third kappa shape index (κ3) is 13.4. The number of ether oxygens (including phenoxy) is 3. The molecule has 2 aromatic heterocycles. The molecule has 1 aromatic carbocycles. The molecule has 2 aliphatic rings. The van der Waals surface area contributed by atoms with Crippen molar-refractivity contribution in [1.29, 1.82) is 0 Å². The van der Waals surface area contributed by atoms with Crippen LogP contribution in [-0.4, -0.2) is 145 Å². The van der Waals surface area contributed by atoms with Gasteiger partial charge in [-0.1, -0.05) is 74.0 Å². The number of cyclic esters (lactones) is 1. The molecule has 15 heteroatoms. The predicted molar refractivity (Wildman–Crippen MR) is 234 cm³/mol. The first-order valence-corrected chi connectivity index (χ1v) is 22.0. The number of pyridine rings is 1. The summed E-state index contributed by atoms with van der Waals surface area (Å²) in [6, 6.07) is 13.2. The fraction of sp³-hybridized carbons (Fsp3) is 0.596. The van der Waals surface area contributed by atoms with Gasteiger partial charge in [-0.25, -0.2) is 0 Å². The fourth-order valence-corrected chi connectivity index (χ4v) is 8.62. The summed E-state index contributed by atoms with van der Waals surface area (Å²) >= 11 is 0. The second-order valence-corrected chi connectivity index (χ2v) is 17.4. The van der Waals surface area contributed by atoms with Crippen LogP contribution >= 0.6 is 0 Å². The average Bonchev–Trinajstić information content (AvgIpc) is 3.74. The summed E-state index contributed by atoms with van der Waals surface area (Å²) in [7, 11) is 3.53. The Morgan fingerprint density at radius 3 is 2.42 bits per heavy atom. The maximum absolute atomic E-state index is 13.9. The molecule has 12 atom stereocenters. The quantitative estimate of drug-likeness (QED) is 0.170. The van der Waals surface area contributed by atoms with Crippen molar-refractivity contribution in [2.45, 2.75) is 122 Å². The minimum absolute atomic E-state index is 0.101. The molecule has 3 aromatic rings. The number of carbonyl (C=O) groups excluding carboxylic acids is 2. The lowest BCUT2D eigenvalue weighted by Crippen LogP contribution is -2.63. The molecule has 0 saturated carbocycles. The molecule has 4 N–H and O–H groups in total. The second-order valence-electron chi connectivity index (χ2n) is 17.4. The average molecular weight is 861 g/mol. The van der Waals surface area contributed by atoms with Gasteiger partial charge in [0.1, 0.15) is 17.9 Å². The highest BCUT2D eigenvalue weighted by molar-refractivity contribution is 5.91. The van der Waals surface area contributed by atoms with Crippen molar-refractivity contribution in [3.63, 3.8) is 0 Å². The van der Waals surface area contributed by atoms with Gasteiger partial charge in [-0.15, -0.1) is 5.10 Å². The molecular weight excluding hydrogens is 793 g/mol. The van der Waals surface area contributed by atoms with Crippen molar-refractivity contribution in [3.8, 4) is 11.3 Å². The molecule has 0 spiro atoms. The van der Waals surface area contributed by atoms with Gasteiger partial charge in [0.2, 0.25) is 0 Å². The van der Waals surface area contributed by atoms with Crippen molar-refractivity contribution >= 4 is 11.8 Å². The third-order valence-corrected chi connectivity index (χ3v) is 12.4. The molecular formula is C47H68N6O9. The van der Waals surface area contributed by atoms with Crippen LogP contribution in [0.4, 0.5) is 0 Å². The Balaban J connectivity index is 1.50. The van der Waals surface area contributed by atoms with Crippen molar-refractivity contribution in [2.24, 2.45) is 23.7 Å². The standard InChI is InChI=1S/C47H68N6O9/c1-8-41-37(29-54)23-30(2)16-17-39(55)31(3)24-35(46(32(4)40(56)25-42(57)61-41)62-47-45(59)43(51(6)7)44(58)33(5)60-47)18-20-52(27-34-13-10-9-11-14-34)21-22-53-28-38(49-50-53)36-15-12-19-48-26-36/h9-17,19,23,26,28,31-33,35,37,40-41,43-47,54,56,58-59H,8,18,20-22,24-25,27,29H2,1-7H3/b17-16+,30-23+/t31-,32+,33-,35+,37-,40-,41-,43?,44-,45?,46-,47+/m1/s1. The van der Waals surface area contributed by atoms with Crippen LogP contribution in [0.1, 0.15) is 65.9 Å². The van der Waals surface area contributed by atoms with E-state index in [0.717, 1.165) is 22.4 Å². The third-order valence-electron chi connectivity index (χ3n) is 12.4. The summed E-state index contributed by atoms with van der Waals surface area (Å²) in [5.74, 6) is -2.82. The lowest BCUT2D eigenvalue weighted by Gasteiger charge is -2.46. The van der Waals surface area contributed by atoms with Crippen molar-refractivity contribution < 1.29 is 44.2 Å². The number of rotatable bonds is 14. The molecule has 1 saturated heterocycles. The molecule has 5 rings (SSSR count). The number of nitrogens with zero attached hydrogens (tertiary/aromatic N) is 6.